The van der Waals surface area contributed by atoms with E-state index < -0.39 is 17.0 Å². The van der Waals surface area contributed by atoms with Gasteiger partial charge in [0.1, 0.15) is 17.4 Å². The monoisotopic (exact) mass is 260 g/mol. The predicted octanol–water partition coefficient (Wildman–Crippen LogP) is 4.30. The van der Waals surface area contributed by atoms with Gasteiger partial charge in [0.25, 0.3) is 0 Å². The van der Waals surface area contributed by atoms with Gasteiger partial charge < -0.3 is 4.74 Å². The largest absolute Gasteiger partial charge is 0.497 e. The van der Waals surface area contributed by atoms with Crippen LogP contribution in [0.4, 0.5) is 8.78 Å². The van der Waals surface area contributed by atoms with Crippen LogP contribution in [0.5, 0.6) is 5.75 Å². The van der Waals surface area contributed by atoms with Crippen molar-refractivity contribution < 1.29 is 13.5 Å². The highest BCUT2D eigenvalue weighted by atomic mass is 35.5. The summed E-state index contributed by atoms with van der Waals surface area (Å²) in [6.07, 6.45) is 2.20. The van der Waals surface area contributed by atoms with Gasteiger partial charge in [-0.3, -0.25) is 0 Å². The minimum atomic E-state index is -0.630. The second-order valence-electron chi connectivity index (χ2n) is 4.60. The average Bonchev–Trinajstić information content (AvgIpc) is 3.10. The van der Waals surface area contributed by atoms with Gasteiger partial charge >= 0.3 is 0 Å². The van der Waals surface area contributed by atoms with Gasteiger partial charge in [0, 0.05) is 17.7 Å². The van der Waals surface area contributed by atoms with Crippen LogP contribution in [0.3, 0.4) is 0 Å². The summed E-state index contributed by atoms with van der Waals surface area (Å²) in [5.41, 5.74) is -0.0353. The lowest BCUT2D eigenvalue weighted by atomic mass is 9.95. The first-order valence-electron chi connectivity index (χ1n) is 5.71. The molecule has 2 unspecified atom stereocenters. The van der Waals surface area contributed by atoms with Gasteiger partial charge in [0.15, 0.2) is 0 Å². The highest BCUT2D eigenvalue weighted by Gasteiger charge is 2.35. The van der Waals surface area contributed by atoms with Gasteiger partial charge in [0.05, 0.1) is 12.5 Å². The molecular formula is C13H15ClF2O. The molecule has 0 radical (unpaired) electrons. The molecule has 0 spiro atoms. The van der Waals surface area contributed by atoms with Crippen LogP contribution in [0.2, 0.25) is 0 Å². The van der Waals surface area contributed by atoms with Gasteiger partial charge in [-0.1, -0.05) is 6.92 Å². The first-order chi connectivity index (χ1) is 8.04. The molecular weight excluding hydrogens is 246 g/mol. The van der Waals surface area contributed by atoms with Crippen molar-refractivity contribution in [1.29, 1.82) is 0 Å². The lowest BCUT2D eigenvalue weighted by Crippen LogP contribution is -2.10. The van der Waals surface area contributed by atoms with Crippen LogP contribution < -0.4 is 4.74 Å². The number of hydrogen-bond acceptors (Lipinski definition) is 1. The molecule has 0 aromatic heterocycles. The summed E-state index contributed by atoms with van der Waals surface area (Å²) >= 11 is 6.18. The van der Waals surface area contributed by atoms with Gasteiger partial charge in [-0.05, 0) is 24.7 Å². The molecule has 1 nitrogen and oxygen atoms in total. The second-order valence-corrected chi connectivity index (χ2v) is 5.07. The van der Waals surface area contributed by atoms with Crippen LogP contribution in [-0.2, 0) is 0 Å². The molecule has 0 amide bonds. The summed E-state index contributed by atoms with van der Waals surface area (Å²) in [6, 6.07) is 2.35. The van der Waals surface area contributed by atoms with Gasteiger partial charge in [-0.2, -0.15) is 0 Å². The van der Waals surface area contributed by atoms with Crippen LogP contribution in [0, 0.1) is 23.5 Å². The number of rotatable bonds is 4. The van der Waals surface area contributed by atoms with E-state index in [0.29, 0.717) is 5.92 Å². The molecule has 0 bridgehead atoms. The maximum Gasteiger partial charge on any atom is 0.134 e. The zero-order chi connectivity index (χ0) is 12.6. The molecule has 1 aromatic rings. The van der Waals surface area contributed by atoms with E-state index in [0.717, 1.165) is 12.8 Å². The Morgan fingerprint density at radius 3 is 2.24 bits per heavy atom. The van der Waals surface area contributed by atoms with Gasteiger partial charge in [0.2, 0.25) is 0 Å². The van der Waals surface area contributed by atoms with E-state index in [-0.39, 0.29) is 17.2 Å². The normalized spacial score (nSPS) is 18.9. The van der Waals surface area contributed by atoms with Gasteiger partial charge in [-0.25, -0.2) is 8.78 Å². The Balaban J connectivity index is 2.30. The third kappa shape index (κ3) is 2.54. The number of benzene rings is 1. The Bertz CT molecular complexity index is 395. The molecule has 1 aliphatic carbocycles. The minimum Gasteiger partial charge on any atom is -0.497 e. The summed E-state index contributed by atoms with van der Waals surface area (Å²) < 4.78 is 32.4. The fourth-order valence-corrected chi connectivity index (χ4v) is 2.48. The van der Waals surface area contributed by atoms with Crippen molar-refractivity contribution in [3.63, 3.8) is 0 Å². The molecule has 4 heteroatoms. The van der Waals surface area contributed by atoms with E-state index in [1.807, 2.05) is 6.92 Å². The number of halogens is 3. The highest BCUT2D eigenvalue weighted by Crippen LogP contribution is 2.46. The Morgan fingerprint density at radius 1 is 1.29 bits per heavy atom. The Kier molecular flexibility index (Phi) is 3.57. The summed E-state index contributed by atoms with van der Waals surface area (Å²) in [6.45, 7) is 1.94. The predicted molar refractivity (Wildman–Crippen MR) is 63.4 cm³/mol. The highest BCUT2D eigenvalue weighted by molar-refractivity contribution is 6.21. The van der Waals surface area contributed by atoms with E-state index in [4.69, 9.17) is 16.3 Å². The van der Waals surface area contributed by atoms with Gasteiger partial charge in [-0.15, -0.1) is 11.6 Å². The number of alkyl halides is 1. The Morgan fingerprint density at radius 2 is 1.82 bits per heavy atom. The molecule has 2 rings (SSSR count). The lowest BCUT2D eigenvalue weighted by molar-refractivity contribution is 0.401. The van der Waals surface area contributed by atoms with Crippen LogP contribution >= 0.6 is 11.6 Å². The maximum atomic E-state index is 13.8. The first-order valence-corrected chi connectivity index (χ1v) is 6.15. The van der Waals surface area contributed by atoms with Crippen molar-refractivity contribution in [2.45, 2.75) is 25.1 Å². The molecule has 17 heavy (non-hydrogen) atoms. The molecule has 0 heterocycles. The number of methoxy groups -OCH3 is 1. The standard InChI is InChI=1S/C13H15ClF2O/c1-7(8-3-4-8)13(14)12-10(15)5-9(17-2)6-11(12)16/h5-8,13H,3-4H2,1-2H3. The molecule has 2 atom stereocenters. The second kappa shape index (κ2) is 4.81. The van der Waals surface area contributed by atoms with Crippen molar-refractivity contribution in [2.24, 2.45) is 11.8 Å². The molecule has 94 valence electrons. The average molecular weight is 261 g/mol. The zero-order valence-electron chi connectivity index (χ0n) is 9.84. The van der Waals surface area contributed by atoms with Crippen LogP contribution in [0.1, 0.15) is 30.7 Å². The van der Waals surface area contributed by atoms with Crippen molar-refractivity contribution in [2.75, 3.05) is 7.11 Å². The fourth-order valence-electron chi connectivity index (χ4n) is 2.07. The Labute approximate surface area is 105 Å². The minimum absolute atomic E-state index is 0.0353. The quantitative estimate of drug-likeness (QED) is 0.734. The van der Waals surface area contributed by atoms with Crippen molar-refractivity contribution in [1.82, 2.24) is 0 Å². The summed E-state index contributed by atoms with van der Waals surface area (Å²) in [5, 5.41) is -0.617. The third-order valence-corrected chi connectivity index (χ3v) is 4.01. The topological polar surface area (TPSA) is 9.23 Å². The molecule has 1 aliphatic rings. The molecule has 1 saturated carbocycles. The van der Waals surface area contributed by atoms with E-state index in [1.54, 1.807) is 0 Å². The molecule has 1 aromatic carbocycles. The van der Waals surface area contributed by atoms with Crippen molar-refractivity contribution >= 4 is 11.6 Å². The molecule has 1 fully saturated rings. The van der Waals surface area contributed by atoms with Crippen molar-refractivity contribution in [3.05, 3.63) is 29.3 Å². The molecule has 0 aliphatic heterocycles. The lowest BCUT2D eigenvalue weighted by Gasteiger charge is -2.19. The third-order valence-electron chi connectivity index (χ3n) is 3.39. The first kappa shape index (κ1) is 12.6. The summed E-state index contributed by atoms with van der Waals surface area (Å²) in [4.78, 5) is 0. The Hall–Kier alpha value is -0.830. The smallest absolute Gasteiger partial charge is 0.134 e. The van der Waals surface area contributed by atoms with Crippen LogP contribution in [0.15, 0.2) is 12.1 Å². The number of hydrogen-bond donors (Lipinski definition) is 0. The zero-order valence-corrected chi connectivity index (χ0v) is 10.6. The van der Waals surface area contributed by atoms with E-state index in [9.17, 15) is 8.78 Å². The SMILES string of the molecule is COc1cc(F)c(C(Cl)C(C)C2CC2)c(F)c1. The number of ether oxygens (including phenoxy) is 1. The van der Waals surface area contributed by atoms with Crippen molar-refractivity contribution in [3.8, 4) is 5.75 Å². The van der Waals surface area contributed by atoms with E-state index >= 15 is 0 Å². The van der Waals surface area contributed by atoms with Crippen LogP contribution in [0.25, 0.3) is 0 Å². The maximum absolute atomic E-state index is 13.8. The van der Waals surface area contributed by atoms with E-state index in [1.165, 1.54) is 19.2 Å². The van der Waals surface area contributed by atoms with Crippen LogP contribution in [-0.4, -0.2) is 7.11 Å². The molecule has 0 N–H and O–H groups in total. The fraction of sp³-hybridized carbons (Fsp3) is 0.538. The van der Waals surface area contributed by atoms with E-state index in [2.05, 4.69) is 0 Å². The summed E-state index contributed by atoms with van der Waals surface area (Å²) in [5.74, 6) is -0.497. The summed E-state index contributed by atoms with van der Waals surface area (Å²) in [7, 11) is 1.37. The molecule has 0 saturated heterocycles.